The van der Waals surface area contributed by atoms with Gasteiger partial charge in [-0.15, -0.1) is 0 Å². The number of aliphatic hydroxyl groups excluding tert-OH is 1. The number of carboxylic acids is 1. The second kappa shape index (κ2) is 3.81. The Morgan fingerprint density at radius 1 is 1.67 bits per heavy atom. The van der Waals surface area contributed by atoms with E-state index in [0.717, 1.165) is 0 Å². The van der Waals surface area contributed by atoms with Gasteiger partial charge in [0.25, 0.3) is 0 Å². The third-order valence-corrected chi connectivity index (χ3v) is 1.68. The van der Waals surface area contributed by atoms with Crippen molar-refractivity contribution in [1.82, 2.24) is 0 Å². The molecule has 1 aliphatic heterocycles. The van der Waals surface area contributed by atoms with Crippen molar-refractivity contribution in [2.24, 2.45) is 5.73 Å². The highest BCUT2D eigenvalue weighted by Gasteiger charge is 2.33. The number of aliphatic carboxylic acids is 1. The molecule has 1 rings (SSSR count). The van der Waals surface area contributed by atoms with Crippen LogP contribution in [0.1, 0.15) is 0 Å². The molecule has 0 aromatic carbocycles. The van der Waals surface area contributed by atoms with E-state index in [0.29, 0.717) is 0 Å². The molecule has 0 radical (unpaired) electrons. The average Bonchev–Trinajstić information content (AvgIpc) is 2.53. The van der Waals surface area contributed by atoms with E-state index in [1.54, 1.807) is 0 Å². The fourth-order valence-corrected chi connectivity index (χ4v) is 0.922. The third kappa shape index (κ3) is 1.92. The SMILES string of the molecule is N[C@H](C(=O)O)[C@H](O)[C@@H]1COCO1. The Balaban J connectivity index is 2.44. The number of carboxylic acid groups (broad SMARTS) is 1. The predicted molar refractivity (Wildman–Crippen MR) is 37.3 cm³/mol. The highest BCUT2D eigenvalue weighted by Crippen LogP contribution is 2.09. The van der Waals surface area contributed by atoms with Crippen molar-refractivity contribution < 1.29 is 24.5 Å². The molecular formula is C6H11NO5. The first-order valence-electron chi connectivity index (χ1n) is 3.48. The zero-order chi connectivity index (χ0) is 9.14. The molecule has 12 heavy (non-hydrogen) atoms. The van der Waals surface area contributed by atoms with E-state index in [2.05, 4.69) is 0 Å². The minimum atomic E-state index is -1.32. The van der Waals surface area contributed by atoms with E-state index in [1.807, 2.05) is 0 Å². The minimum absolute atomic E-state index is 0.0774. The summed E-state index contributed by atoms with van der Waals surface area (Å²) >= 11 is 0. The molecule has 0 aromatic heterocycles. The van der Waals surface area contributed by atoms with Crippen molar-refractivity contribution in [1.29, 1.82) is 0 Å². The number of hydrogen-bond acceptors (Lipinski definition) is 5. The van der Waals surface area contributed by atoms with Crippen LogP contribution in [-0.4, -0.2) is 47.8 Å². The van der Waals surface area contributed by atoms with Crippen molar-refractivity contribution in [3.63, 3.8) is 0 Å². The summed E-state index contributed by atoms with van der Waals surface area (Å²) in [5.74, 6) is -1.25. The number of hydrogen-bond donors (Lipinski definition) is 3. The Kier molecular flexibility index (Phi) is 2.99. The third-order valence-electron chi connectivity index (χ3n) is 1.68. The van der Waals surface area contributed by atoms with Gasteiger partial charge in [0.15, 0.2) is 0 Å². The standard InChI is InChI=1S/C6H11NO5/c7-4(6(9)10)5(8)3-1-11-2-12-3/h3-5,8H,1-2,7H2,(H,9,10)/t3-,4-,5+/m0/s1. The second-order valence-corrected chi connectivity index (χ2v) is 2.55. The molecule has 1 fully saturated rings. The van der Waals surface area contributed by atoms with E-state index >= 15 is 0 Å². The van der Waals surface area contributed by atoms with Gasteiger partial charge in [0.05, 0.1) is 6.61 Å². The van der Waals surface area contributed by atoms with Gasteiger partial charge in [0.1, 0.15) is 25.0 Å². The molecule has 1 aliphatic rings. The second-order valence-electron chi connectivity index (χ2n) is 2.55. The normalized spacial score (nSPS) is 28.3. The Hall–Kier alpha value is -0.690. The van der Waals surface area contributed by atoms with Crippen molar-refractivity contribution in [2.45, 2.75) is 18.2 Å². The van der Waals surface area contributed by atoms with Crippen LogP contribution in [-0.2, 0) is 14.3 Å². The molecule has 0 spiro atoms. The maximum Gasteiger partial charge on any atom is 0.323 e. The van der Waals surface area contributed by atoms with Crippen molar-refractivity contribution in [2.75, 3.05) is 13.4 Å². The van der Waals surface area contributed by atoms with Crippen LogP contribution in [0.15, 0.2) is 0 Å². The first-order chi connectivity index (χ1) is 5.63. The van der Waals surface area contributed by atoms with Gasteiger partial charge in [-0.05, 0) is 0 Å². The Morgan fingerprint density at radius 3 is 2.75 bits per heavy atom. The molecule has 0 aliphatic carbocycles. The number of rotatable bonds is 3. The number of carbonyl (C=O) groups is 1. The van der Waals surface area contributed by atoms with E-state index < -0.39 is 24.2 Å². The van der Waals surface area contributed by atoms with Gasteiger partial charge in [-0.1, -0.05) is 0 Å². The highest BCUT2D eigenvalue weighted by molar-refractivity contribution is 5.74. The van der Waals surface area contributed by atoms with Crippen molar-refractivity contribution in [3.8, 4) is 0 Å². The van der Waals surface area contributed by atoms with Crippen molar-refractivity contribution >= 4 is 5.97 Å². The average molecular weight is 177 g/mol. The number of ether oxygens (including phenoxy) is 2. The minimum Gasteiger partial charge on any atom is -0.480 e. The van der Waals surface area contributed by atoms with Gasteiger partial charge >= 0.3 is 5.97 Å². The quantitative estimate of drug-likeness (QED) is 0.467. The first kappa shape index (κ1) is 9.40. The lowest BCUT2D eigenvalue weighted by atomic mass is 10.1. The predicted octanol–water partition coefficient (Wildman–Crippen LogP) is -1.87. The van der Waals surface area contributed by atoms with E-state index in [9.17, 15) is 9.90 Å². The number of aliphatic hydroxyl groups is 1. The molecular weight excluding hydrogens is 166 g/mol. The van der Waals surface area contributed by atoms with Crippen LogP contribution in [0.5, 0.6) is 0 Å². The fourth-order valence-electron chi connectivity index (χ4n) is 0.922. The van der Waals surface area contributed by atoms with Gasteiger partial charge in [-0.3, -0.25) is 4.79 Å². The summed E-state index contributed by atoms with van der Waals surface area (Å²) in [5.41, 5.74) is 5.15. The molecule has 0 unspecified atom stereocenters. The van der Waals surface area contributed by atoms with E-state index in [1.165, 1.54) is 0 Å². The maximum absolute atomic E-state index is 10.3. The lowest BCUT2D eigenvalue weighted by Gasteiger charge is -2.18. The lowest BCUT2D eigenvalue weighted by molar-refractivity contribution is -0.143. The summed E-state index contributed by atoms with van der Waals surface area (Å²) in [6.45, 7) is 0.260. The van der Waals surface area contributed by atoms with E-state index in [4.69, 9.17) is 20.3 Å². The Labute approximate surface area is 68.9 Å². The fraction of sp³-hybridized carbons (Fsp3) is 0.833. The van der Waals surface area contributed by atoms with E-state index in [-0.39, 0.29) is 13.4 Å². The van der Waals surface area contributed by atoms with Crippen molar-refractivity contribution in [3.05, 3.63) is 0 Å². The van der Waals surface area contributed by atoms with Gasteiger partial charge in [0.2, 0.25) is 0 Å². The summed E-state index contributed by atoms with van der Waals surface area (Å²) in [7, 11) is 0. The van der Waals surface area contributed by atoms with Gasteiger partial charge < -0.3 is 25.4 Å². The summed E-state index contributed by atoms with van der Waals surface area (Å²) in [6.07, 6.45) is -1.85. The molecule has 1 heterocycles. The largest absolute Gasteiger partial charge is 0.480 e. The molecule has 0 amide bonds. The maximum atomic E-state index is 10.3. The highest BCUT2D eigenvalue weighted by atomic mass is 16.7. The topological polar surface area (TPSA) is 102 Å². The van der Waals surface area contributed by atoms with Gasteiger partial charge in [-0.2, -0.15) is 0 Å². The molecule has 0 bridgehead atoms. The van der Waals surface area contributed by atoms with Crippen LogP contribution >= 0.6 is 0 Å². The lowest BCUT2D eigenvalue weighted by Crippen LogP contribution is -2.48. The van der Waals surface area contributed by atoms with Gasteiger partial charge in [-0.25, -0.2) is 0 Å². The molecule has 0 aromatic rings. The molecule has 70 valence electrons. The summed E-state index contributed by atoms with van der Waals surface area (Å²) in [4.78, 5) is 10.3. The Morgan fingerprint density at radius 2 is 2.33 bits per heavy atom. The zero-order valence-electron chi connectivity index (χ0n) is 6.34. The van der Waals surface area contributed by atoms with Crippen LogP contribution in [0.3, 0.4) is 0 Å². The first-order valence-corrected chi connectivity index (χ1v) is 3.48. The van der Waals surface area contributed by atoms with Crippen LogP contribution in [0.25, 0.3) is 0 Å². The van der Waals surface area contributed by atoms with Crippen LogP contribution < -0.4 is 5.73 Å². The van der Waals surface area contributed by atoms with Crippen LogP contribution in [0.2, 0.25) is 0 Å². The molecule has 3 atom stereocenters. The molecule has 1 saturated heterocycles. The summed E-state index contributed by atoms with van der Waals surface area (Å²) < 4.78 is 9.65. The summed E-state index contributed by atoms with van der Waals surface area (Å²) in [5, 5.41) is 17.7. The monoisotopic (exact) mass is 177 g/mol. The molecule has 4 N–H and O–H groups in total. The van der Waals surface area contributed by atoms with Crippen LogP contribution in [0.4, 0.5) is 0 Å². The molecule has 6 nitrogen and oxygen atoms in total. The Bertz CT molecular complexity index is 167. The molecule has 6 heteroatoms. The summed E-state index contributed by atoms with van der Waals surface area (Å²) in [6, 6.07) is -1.32. The molecule has 0 saturated carbocycles. The zero-order valence-corrected chi connectivity index (χ0v) is 6.34. The van der Waals surface area contributed by atoms with Gasteiger partial charge in [0, 0.05) is 0 Å². The smallest absolute Gasteiger partial charge is 0.323 e. The van der Waals surface area contributed by atoms with Crippen LogP contribution in [0, 0.1) is 0 Å². The number of nitrogens with two attached hydrogens (primary N) is 1.